The smallest absolute Gasteiger partial charge is 0.317 e. The molecular weight excluding hydrogens is 340 g/mol. The van der Waals surface area contributed by atoms with Gasteiger partial charge in [0.25, 0.3) is 0 Å². The Bertz CT molecular complexity index is 981. The number of methoxy groups -OCH3 is 1. The number of carbonyl (C=O) groups is 2. The molecule has 1 aliphatic carbocycles. The van der Waals surface area contributed by atoms with Crippen LogP contribution < -0.4 is 0 Å². The van der Waals surface area contributed by atoms with Crippen molar-refractivity contribution in [1.29, 1.82) is 10.5 Å². The third-order valence-electron chi connectivity index (χ3n) is 4.87. The summed E-state index contributed by atoms with van der Waals surface area (Å²) in [4.78, 5) is 25.7. The summed E-state index contributed by atoms with van der Waals surface area (Å²) < 4.78 is 4.99. The van der Waals surface area contributed by atoms with Crippen LogP contribution in [-0.2, 0) is 9.53 Å². The highest BCUT2D eigenvalue weighted by atomic mass is 16.5. The Morgan fingerprint density at radius 1 is 0.963 bits per heavy atom. The minimum atomic E-state index is -1.33. The number of esters is 1. The molecule has 1 fully saturated rings. The minimum Gasteiger partial charge on any atom is -0.468 e. The van der Waals surface area contributed by atoms with E-state index in [-0.39, 0.29) is 23.4 Å². The highest BCUT2D eigenvalue weighted by Crippen LogP contribution is 2.63. The van der Waals surface area contributed by atoms with E-state index in [4.69, 9.17) is 4.74 Å². The van der Waals surface area contributed by atoms with E-state index in [1.807, 2.05) is 12.1 Å². The lowest BCUT2D eigenvalue weighted by atomic mass is 9.83. The zero-order valence-electron chi connectivity index (χ0n) is 14.7. The summed E-state index contributed by atoms with van der Waals surface area (Å²) in [6, 6.07) is 21.2. The van der Waals surface area contributed by atoms with Gasteiger partial charge in [-0.1, -0.05) is 60.7 Å². The summed E-state index contributed by atoms with van der Waals surface area (Å²) in [7, 11) is 1.24. The van der Waals surface area contributed by atoms with Crippen LogP contribution in [0, 0.1) is 34.0 Å². The molecule has 0 aromatic heterocycles. The molecule has 1 aliphatic rings. The van der Waals surface area contributed by atoms with Crippen LogP contribution in [0.15, 0.2) is 66.2 Å². The van der Waals surface area contributed by atoms with E-state index in [9.17, 15) is 20.1 Å². The second-order valence-electron chi connectivity index (χ2n) is 6.29. The second kappa shape index (κ2) is 7.27. The molecule has 0 amide bonds. The summed E-state index contributed by atoms with van der Waals surface area (Å²) in [5.74, 6) is -1.50. The third-order valence-corrected chi connectivity index (χ3v) is 4.87. The van der Waals surface area contributed by atoms with E-state index in [0.717, 1.165) is 0 Å². The van der Waals surface area contributed by atoms with Gasteiger partial charge in [-0.3, -0.25) is 9.59 Å². The van der Waals surface area contributed by atoms with Crippen molar-refractivity contribution in [3.05, 3.63) is 77.4 Å². The molecule has 0 unspecified atom stereocenters. The van der Waals surface area contributed by atoms with Crippen LogP contribution >= 0.6 is 0 Å². The van der Waals surface area contributed by atoms with E-state index in [2.05, 4.69) is 0 Å². The van der Waals surface area contributed by atoms with Gasteiger partial charge in [0.2, 0.25) is 0 Å². The van der Waals surface area contributed by atoms with Crippen molar-refractivity contribution in [1.82, 2.24) is 0 Å². The lowest BCUT2D eigenvalue weighted by molar-refractivity contribution is -0.145. The SMILES string of the molecule is COC(=O)[C@]1(C(=C(C#N)C#N)c2ccccc2)C[C@H]1C(=O)c1ccccc1. The van der Waals surface area contributed by atoms with Gasteiger partial charge in [-0.05, 0) is 12.0 Å². The van der Waals surface area contributed by atoms with Crippen LogP contribution in [-0.4, -0.2) is 18.9 Å². The maximum atomic E-state index is 13.0. The molecule has 5 heteroatoms. The number of hydrogen-bond acceptors (Lipinski definition) is 5. The molecule has 2 atom stereocenters. The highest BCUT2D eigenvalue weighted by molar-refractivity contribution is 6.11. The van der Waals surface area contributed by atoms with Gasteiger partial charge in [0.15, 0.2) is 5.78 Å². The van der Waals surface area contributed by atoms with Crippen molar-refractivity contribution in [2.24, 2.45) is 11.3 Å². The molecule has 0 aliphatic heterocycles. The van der Waals surface area contributed by atoms with Gasteiger partial charge in [-0.2, -0.15) is 10.5 Å². The van der Waals surface area contributed by atoms with Crippen LogP contribution in [0.25, 0.3) is 5.57 Å². The van der Waals surface area contributed by atoms with Crippen molar-refractivity contribution in [2.45, 2.75) is 6.42 Å². The molecule has 2 aromatic carbocycles. The van der Waals surface area contributed by atoms with E-state index in [0.29, 0.717) is 11.1 Å². The fourth-order valence-corrected chi connectivity index (χ4v) is 3.54. The number of Topliss-reactive ketones (excluding diaryl/α,β-unsaturated/α-hetero) is 1. The standard InChI is InChI=1S/C22H16N2O3/c1-27-21(26)22(12-18(22)20(25)16-10-6-3-7-11-16)19(17(13-23)14-24)15-8-4-2-5-9-15/h2-11,18H,12H2,1H3/t18-,22+/m0/s1. The Kier molecular flexibility index (Phi) is 4.88. The molecule has 3 rings (SSSR count). The minimum absolute atomic E-state index is 0.185. The summed E-state index contributed by atoms with van der Waals surface area (Å²) in [5.41, 5.74) is -0.214. The van der Waals surface area contributed by atoms with Crippen LogP contribution in [0.2, 0.25) is 0 Å². The van der Waals surface area contributed by atoms with Crippen LogP contribution in [0.5, 0.6) is 0 Å². The fraction of sp³-hybridized carbons (Fsp3) is 0.182. The van der Waals surface area contributed by atoms with Crippen molar-refractivity contribution < 1.29 is 14.3 Å². The van der Waals surface area contributed by atoms with E-state index < -0.39 is 17.3 Å². The van der Waals surface area contributed by atoms with Gasteiger partial charge < -0.3 is 4.74 Å². The van der Waals surface area contributed by atoms with Gasteiger partial charge in [-0.15, -0.1) is 0 Å². The Morgan fingerprint density at radius 3 is 1.96 bits per heavy atom. The Morgan fingerprint density at radius 2 is 1.48 bits per heavy atom. The first kappa shape index (κ1) is 18.1. The Balaban J connectivity index is 2.17. The Hall–Kier alpha value is -3.70. The van der Waals surface area contributed by atoms with Gasteiger partial charge in [0, 0.05) is 17.1 Å². The molecule has 1 saturated carbocycles. The second-order valence-corrected chi connectivity index (χ2v) is 6.29. The predicted octanol–water partition coefficient (Wildman–Crippen LogP) is 3.55. The monoisotopic (exact) mass is 356 g/mol. The number of nitrogens with zero attached hydrogens (tertiary/aromatic N) is 2. The molecule has 0 saturated heterocycles. The number of ketones is 1. The maximum Gasteiger partial charge on any atom is 0.317 e. The van der Waals surface area contributed by atoms with Gasteiger partial charge in [0.05, 0.1) is 7.11 Å². The third kappa shape index (κ3) is 3.01. The largest absolute Gasteiger partial charge is 0.468 e. The topological polar surface area (TPSA) is 90.9 Å². The number of hydrogen-bond donors (Lipinski definition) is 0. The molecule has 0 heterocycles. The first-order chi connectivity index (χ1) is 13.1. The highest BCUT2D eigenvalue weighted by Gasteiger charge is 2.67. The number of rotatable bonds is 5. The maximum absolute atomic E-state index is 13.0. The average molecular weight is 356 g/mol. The first-order valence-corrected chi connectivity index (χ1v) is 8.38. The lowest BCUT2D eigenvalue weighted by Gasteiger charge is -2.19. The fourth-order valence-electron chi connectivity index (χ4n) is 3.54. The van der Waals surface area contributed by atoms with Gasteiger partial charge in [-0.25, -0.2) is 0 Å². The molecule has 0 radical (unpaired) electrons. The van der Waals surface area contributed by atoms with Crippen molar-refractivity contribution in [2.75, 3.05) is 7.11 Å². The molecule has 5 nitrogen and oxygen atoms in total. The number of nitriles is 2. The molecule has 0 spiro atoms. The zero-order valence-corrected chi connectivity index (χ0v) is 14.7. The normalized spacial score (nSPS) is 19.9. The molecule has 0 bridgehead atoms. The van der Waals surface area contributed by atoms with E-state index in [1.54, 1.807) is 60.7 Å². The first-order valence-electron chi connectivity index (χ1n) is 8.38. The lowest BCUT2D eigenvalue weighted by Crippen LogP contribution is -2.25. The van der Waals surface area contributed by atoms with Gasteiger partial charge >= 0.3 is 5.97 Å². The van der Waals surface area contributed by atoms with Crippen molar-refractivity contribution in [3.8, 4) is 12.1 Å². The Labute approximate surface area is 157 Å². The number of carbonyl (C=O) groups excluding carboxylic acids is 2. The number of ether oxygens (including phenoxy) is 1. The molecular formula is C22H16N2O3. The van der Waals surface area contributed by atoms with Crippen molar-refractivity contribution in [3.63, 3.8) is 0 Å². The average Bonchev–Trinajstić information content (AvgIpc) is 3.48. The van der Waals surface area contributed by atoms with Crippen molar-refractivity contribution >= 4 is 17.3 Å². The van der Waals surface area contributed by atoms with Crippen LogP contribution in [0.1, 0.15) is 22.3 Å². The molecule has 27 heavy (non-hydrogen) atoms. The summed E-state index contributed by atoms with van der Waals surface area (Å²) >= 11 is 0. The number of benzene rings is 2. The summed E-state index contributed by atoms with van der Waals surface area (Å²) in [6.07, 6.45) is 0.199. The molecule has 2 aromatic rings. The van der Waals surface area contributed by atoms with E-state index >= 15 is 0 Å². The van der Waals surface area contributed by atoms with E-state index in [1.165, 1.54) is 7.11 Å². The summed E-state index contributed by atoms with van der Waals surface area (Å²) in [6.45, 7) is 0. The molecule has 132 valence electrons. The zero-order chi connectivity index (χ0) is 19.4. The van der Waals surface area contributed by atoms with Crippen LogP contribution in [0.3, 0.4) is 0 Å². The quantitative estimate of drug-likeness (QED) is 0.464. The molecule has 0 N–H and O–H groups in total. The van der Waals surface area contributed by atoms with Gasteiger partial charge in [0.1, 0.15) is 23.1 Å². The predicted molar refractivity (Wildman–Crippen MR) is 97.9 cm³/mol. The summed E-state index contributed by atoms with van der Waals surface area (Å²) in [5, 5.41) is 19.0. The van der Waals surface area contributed by atoms with Crippen LogP contribution in [0.4, 0.5) is 0 Å². The number of allylic oxidation sites excluding steroid dienone is 1.